The molecule has 0 aliphatic heterocycles. The van der Waals surface area contributed by atoms with Crippen LogP contribution in [0.5, 0.6) is 6.01 Å². The lowest BCUT2D eigenvalue weighted by molar-refractivity contribution is -0.604. The summed E-state index contributed by atoms with van der Waals surface area (Å²) in [7, 11) is 0. The summed E-state index contributed by atoms with van der Waals surface area (Å²) in [5.41, 5.74) is -10.0. The number of nitrogens with zero attached hydrogens (tertiary/aromatic N) is 2. The molecule has 0 radical (unpaired) electrons. The number of para-hydroxylation sites is 2. The Labute approximate surface area is 356 Å². The molecular formula is C45H36BF15N2O. The number of hydrogen-bond donors (Lipinski definition) is 1. The fraction of sp³-hybridized carbons (Fsp3) is 0.267. The first-order valence-electron chi connectivity index (χ1n) is 19.6. The minimum atomic E-state index is -6.32. The maximum Gasteiger partial charge on any atom is 0.461 e. The lowest BCUT2D eigenvalue weighted by Gasteiger charge is -2.42. The highest BCUT2D eigenvalue weighted by molar-refractivity contribution is 7.19. The van der Waals surface area contributed by atoms with Gasteiger partial charge in [0.1, 0.15) is 52.5 Å². The molecule has 0 fully saturated rings. The van der Waals surface area contributed by atoms with Crippen LogP contribution in [0.1, 0.15) is 101 Å². The summed E-state index contributed by atoms with van der Waals surface area (Å²) >= 11 is 0. The Kier molecular flexibility index (Phi) is 12.6. The van der Waals surface area contributed by atoms with Crippen molar-refractivity contribution in [2.24, 2.45) is 0 Å². The van der Waals surface area contributed by atoms with Crippen molar-refractivity contribution in [3.63, 3.8) is 0 Å². The molecular weight excluding hydrogens is 880 g/mol. The van der Waals surface area contributed by atoms with E-state index in [1.165, 1.54) is 58.0 Å². The van der Waals surface area contributed by atoms with Crippen molar-refractivity contribution in [3.8, 4) is 17.4 Å². The quantitative estimate of drug-likeness (QED) is 0.0479. The third-order valence-electron chi connectivity index (χ3n) is 11.6. The smallest absolute Gasteiger partial charge is 0.446 e. The maximum atomic E-state index is 17.0. The van der Waals surface area contributed by atoms with Crippen LogP contribution in [0.2, 0.25) is 0 Å². The van der Waals surface area contributed by atoms with Crippen LogP contribution in [-0.2, 0) is 0 Å². The minimum absolute atomic E-state index is 0.0451. The first-order chi connectivity index (χ1) is 29.8. The van der Waals surface area contributed by atoms with Crippen LogP contribution < -0.4 is 26.5 Å². The fourth-order valence-electron chi connectivity index (χ4n) is 8.61. The Bertz CT molecular complexity index is 2580. The summed E-state index contributed by atoms with van der Waals surface area (Å²) < 4.78 is 242. The summed E-state index contributed by atoms with van der Waals surface area (Å²) in [6.07, 6.45) is -5.92. The van der Waals surface area contributed by atoms with Crippen molar-refractivity contribution < 1.29 is 75.5 Å². The molecule has 0 spiro atoms. The van der Waals surface area contributed by atoms with E-state index in [2.05, 4.69) is 0 Å². The average Bonchev–Trinajstić information content (AvgIpc) is 3.59. The van der Waals surface area contributed by atoms with E-state index >= 15 is 52.7 Å². The number of imidazole rings is 1. The van der Waals surface area contributed by atoms with Crippen LogP contribution in [0.3, 0.4) is 0 Å². The SMILES string of the molecule is CC(C)c1cccc(C(C)C)c1-n1c([B-](c2c(F)c(F)c(F)c(F)c2F)(c2c(F)c(F)c(F)c(F)c2F)c2c(F)c(F)c(F)c(F)c2F)c[n+](-c2c(C(C)C)cccc2C(C)C)c1O. The third kappa shape index (κ3) is 6.82. The van der Waals surface area contributed by atoms with Crippen LogP contribution in [-0.4, -0.2) is 15.8 Å². The van der Waals surface area contributed by atoms with Gasteiger partial charge in [-0.15, -0.1) is 16.4 Å². The summed E-state index contributed by atoms with van der Waals surface area (Å²) in [6, 6.07) is 7.42. The zero-order valence-electron chi connectivity index (χ0n) is 34.9. The van der Waals surface area contributed by atoms with Gasteiger partial charge in [-0.25, -0.2) is 65.9 Å². The molecule has 0 unspecified atom stereocenters. The Balaban J connectivity index is 2.20. The first-order valence-corrected chi connectivity index (χ1v) is 19.6. The van der Waals surface area contributed by atoms with Gasteiger partial charge in [-0.05, 0) is 23.7 Å². The number of benzene rings is 5. The van der Waals surface area contributed by atoms with Gasteiger partial charge in [0.2, 0.25) is 0 Å². The van der Waals surface area contributed by atoms with Crippen LogP contribution in [0.15, 0.2) is 42.6 Å². The predicted molar refractivity (Wildman–Crippen MR) is 208 cm³/mol. The van der Waals surface area contributed by atoms with Crippen molar-refractivity contribution in [2.75, 3.05) is 0 Å². The van der Waals surface area contributed by atoms with E-state index in [4.69, 9.17) is 0 Å². The second-order valence-corrected chi connectivity index (χ2v) is 16.6. The number of aromatic hydroxyl groups is 1. The van der Waals surface area contributed by atoms with Gasteiger partial charge in [-0.2, -0.15) is 9.13 Å². The van der Waals surface area contributed by atoms with E-state index in [9.17, 15) is 18.3 Å². The van der Waals surface area contributed by atoms with E-state index in [-0.39, 0.29) is 27.9 Å². The molecule has 1 N–H and O–H groups in total. The molecule has 64 heavy (non-hydrogen) atoms. The molecule has 0 saturated carbocycles. The largest absolute Gasteiger partial charge is 0.461 e. The summed E-state index contributed by atoms with van der Waals surface area (Å²) in [5.74, 6) is -49.5. The van der Waals surface area contributed by atoms with E-state index in [1.807, 2.05) is 0 Å². The van der Waals surface area contributed by atoms with Crippen molar-refractivity contribution in [2.45, 2.75) is 79.1 Å². The molecule has 340 valence electrons. The summed E-state index contributed by atoms with van der Waals surface area (Å²) in [6.45, 7) is 12.6. The second kappa shape index (κ2) is 16.9. The summed E-state index contributed by atoms with van der Waals surface area (Å²) in [4.78, 5) is 0. The van der Waals surface area contributed by atoms with Crippen LogP contribution >= 0.6 is 0 Å². The first kappa shape index (κ1) is 47.6. The Morgan fingerprint density at radius 1 is 0.406 bits per heavy atom. The lowest BCUT2D eigenvalue weighted by Crippen LogP contribution is -2.81. The topological polar surface area (TPSA) is 29.0 Å². The van der Waals surface area contributed by atoms with E-state index in [1.54, 1.807) is 33.8 Å². The van der Waals surface area contributed by atoms with Crippen molar-refractivity contribution in [3.05, 3.63) is 152 Å². The second-order valence-electron chi connectivity index (χ2n) is 16.6. The molecule has 6 aromatic rings. The predicted octanol–water partition coefficient (Wildman–Crippen LogP) is 10.4. The number of halogens is 15. The number of hydrogen-bond acceptors (Lipinski definition) is 1. The number of aromatic nitrogens is 2. The van der Waals surface area contributed by atoms with Gasteiger partial charge in [0.15, 0.2) is 58.5 Å². The molecule has 5 aromatic carbocycles. The molecule has 0 saturated heterocycles. The molecule has 0 amide bonds. The van der Waals surface area contributed by atoms with Gasteiger partial charge >= 0.3 is 6.01 Å². The molecule has 1 heterocycles. The van der Waals surface area contributed by atoms with Crippen LogP contribution in [0, 0.1) is 87.3 Å². The van der Waals surface area contributed by atoms with Gasteiger partial charge in [0.25, 0.3) is 0 Å². The van der Waals surface area contributed by atoms with Crippen LogP contribution in [0.25, 0.3) is 11.4 Å². The standard InChI is InChI=1S/C45H35BF15N2O/c1-16(2)20-11-9-12-21(17(3)4)43(20)62-15-24(63(45(62)64)44-22(18(5)6)13-10-14-23(44)19(7)8)46(25-28(47)34(53)40(59)35(54)29(25)48,26-30(49)36(55)41(60)37(56)31(26)50)27-32(51)38(57)42(61)39(58)33(27)52/h9-19H,1-8H3/q-1/p+1. The van der Waals surface area contributed by atoms with Gasteiger partial charge < -0.3 is 5.11 Å². The molecule has 19 heteroatoms. The van der Waals surface area contributed by atoms with E-state index in [0.717, 1.165) is 0 Å². The highest BCUT2D eigenvalue weighted by Crippen LogP contribution is 2.37. The molecule has 0 atom stereocenters. The number of rotatable bonds is 10. The molecule has 0 bridgehead atoms. The monoisotopic (exact) mass is 916 g/mol. The van der Waals surface area contributed by atoms with Gasteiger partial charge in [-0.3, -0.25) is 0 Å². The average molecular weight is 917 g/mol. The molecule has 0 aliphatic rings. The molecule has 0 aliphatic carbocycles. The maximum absolute atomic E-state index is 17.0. The van der Waals surface area contributed by atoms with Gasteiger partial charge in [-0.1, -0.05) is 91.8 Å². The van der Waals surface area contributed by atoms with E-state index < -0.39 is 151 Å². The van der Waals surface area contributed by atoms with Gasteiger partial charge in [0, 0.05) is 27.8 Å². The zero-order valence-corrected chi connectivity index (χ0v) is 34.9. The molecule has 1 aromatic heterocycles. The normalized spacial score (nSPS) is 12.3. The van der Waals surface area contributed by atoms with Crippen molar-refractivity contribution >= 4 is 28.1 Å². The van der Waals surface area contributed by atoms with E-state index in [0.29, 0.717) is 15.3 Å². The van der Waals surface area contributed by atoms with Crippen LogP contribution in [0.4, 0.5) is 65.9 Å². The van der Waals surface area contributed by atoms with Gasteiger partial charge in [0.05, 0.1) is 0 Å². The zero-order chi connectivity index (χ0) is 47.9. The highest BCUT2D eigenvalue weighted by Gasteiger charge is 2.54. The van der Waals surface area contributed by atoms with Crippen molar-refractivity contribution in [1.82, 2.24) is 4.57 Å². The fourth-order valence-corrected chi connectivity index (χ4v) is 8.61. The summed E-state index contributed by atoms with van der Waals surface area (Å²) in [5, 5.41) is 12.8. The highest BCUT2D eigenvalue weighted by atomic mass is 19.2. The Hall–Kier alpha value is -5.88. The molecule has 6 rings (SSSR count). The third-order valence-corrected chi connectivity index (χ3v) is 11.6. The Morgan fingerprint density at radius 3 is 0.922 bits per heavy atom. The van der Waals surface area contributed by atoms with Crippen molar-refractivity contribution in [1.29, 1.82) is 0 Å². The lowest BCUT2D eigenvalue weighted by atomic mass is 9.13. The minimum Gasteiger partial charge on any atom is -0.446 e. The molecule has 3 nitrogen and oxygen atoms in total. The Morgan fingerprint density at radius 2 is 0.656 bits per heavy atom.